The number of nitrogens with zero attached hydrogens (tertiary/aromatic N) is 3. The van der Waals surface area contributed by atoms with E-state index in [1.54, 1.807) is 40.0 Å². The molecule has 122 valence electrons. The van der Waals surface area contributed by atoms with Crippen molar-refractivity contribution in [1.29, 1.82) is 0 Å². The molecule has 0 aliphatic heterocycles. The summed E-state index contributed by atoms with van der Waals surface area (Å²) < 4.78 is 6.63. The molecule has 0 fully saturated rings. The minimum atomic E-state index is -0.674. The van der Waals surface area contributed by atoms with Crippen molar-refractivity contribution in [2.45, 2.75) is 26.4 Å². The summed E-state index contributed by atoms with van der Waals surface area (Å²) in [5, 5.41) is 13.7. The van der Waals surface area contributed by atoms with E-state index in [1.165, 1.54) is 22.9 Å². The Morgan fingerprint density at radius 1 is 1.39 bits per heavy atom. The fraction of sp³-hybridized carbons (Fsp3) is 0.333. The van der Waals surface area contributed by atoms with Crippen LogP contribution in [0.1, 0.15) is 20.8 Å². The lowest BCUT2D eigenvalue weighted by Gasteiger charge is -2.21. The van der Waals surface area contributed by atoms with Gasteiger partial charge in [-0.1, -0.05) is 12.1 Å². The van der Waals surface area contributed by atoms with Crippen molar-refractivity contribution in [1.82, 2.24) is 9.55 Å². The van der Waals surface area contributed by atoms with Crippen molar-refractivity contribution in [2.24, 2.45) is 0 Å². The second-order valence-electron chi connectivity index (χ2n) is 5.84. The number of anilines is 1. The lowest BCUT2D eigenvalue weighted by atomic mass is 10.1. The van der Waals surface area contributed by atoms with Crippen molar-refractivity contribution < 1.29 is 14.5 Å². The number of benzene rings is 1. The molecule has 0 saturated heterocycles. The van der Waals surface area contributed by atoms with Gasteiger partial charge in [-0.2, -0.15) is 0 Å². The van der Waals surface area contributed by atoms with Crippen LogP contribution in [0.4, 0.5) is 16.4 Å². The highest BCUT2D eigenvalue weighted by atomic mass is 16.6. The number of ether oxygens (including phenoxy) is 1. The summed E-state index contributed by atoms with van der Waals surface area (Å²) in [6, 6.07) is 6.00. The molecule has 0 bridgehead atoms. The smallest absolute Gasteiger partial charge is 0.421 e. The highest BCUT2D eigenvalue weighted by molar-refractivity contribution is 5.82. The van der Waals surface area contributed by atoms with E-state index in [2.05, 4.69) is 10.3 Å². The number of nitro groups is 1. The van der Waals surface area contributed by atoms with Gasteiger partial charge in [-0.25, -0.2) is 14.3 Å². The standard InChI is InChI=1S/C15H18N4O4/c1-15(2,3)23-14(20)18-12(9-17-13(18)16-4)10-6-5-7-11(8-10)19(21)22/h5-9H,1-4H3,(H,16,17). The van der Waals surface area contributed by atoms with Crippen LogP contribution in [0.5, 0.6) is 0 Å². The fourth-order valence-electron chi connectivity index (χ4n) is 2.00. The van der Waals surface area contributed by atoms with Gasteiger partial charge in [0, 0.05) is 24.7 Å². The Hall–Kier alpha value is -2.90. The third kappa shape index (κ3) is 3.65. The Labute approximate surface area is 133 Å². The van der Waals surface area contributed by atoms with E-state index in [0.29, 0.717) is 17.2 Å². The van der Waals surface area contributed by atoms with Crippen molar-refractivity contribution in [3.8, 4) is 11.3 Å². The number of nitro benzene ring substituents is 1. The molecule has 23 heavy (non-hydrogen) atoms. The number of nitrogens with one attached hydrogen (secondary N) is 1. The van der Waals surface area contributed by atoms with Crippen molar-refractivity contribution in [2.75, 3.05) is 12.4 Å². The van der Waals surface area contributed by atoms with Gasteiger partial charge in [0.15, 0.2) is 0 Å². The average molecular weight is 318 g/mol. The summed E-state index contributed by atoms with van der Waals surface area (Å²) in [6.45, 7) is 5.27. The highest BCUT2D eigenvalue weighted by Gasteiger charge is 2.24. The zero-order chi connectivity index (χ0) is 17.2. The number of carbonyl (C=O) groups is 1. The molecular weight excluding hydrogens is 300 g/mol. The first-order chi connectivity index (χ1) is 10.7. The van der Waals surface area contributed by atoms with Gasteiger partial charge in [0.05, 0.1) is 16.8 Å². The number of non-ortho nitro benzene ring substituents is 1. The molecule has 0 aliphatic rings. The molecule has 8 nitrogen and oxygen atoms in total. The second kappa shape index (κ2) is 6.07. The van der Waals surface area contributed by atoms with E-state index in [0.717, 1.165) is 0 Å². The Morgan fingerprint density at radius 3 is 2.65 bits per heavy atom. The molecule has 0 unspecified atom stereocenters. The number of aromatic nitrogens is 2. The molecule has 0 saturated carbocycles. The van der Waals surface area contributed by atoms with Crippen LogP contribution in [0.15, 0.2) is 30.5 Å². The zero-order valence-electron chi connectivity index (χ0n) is 13.4. The van der Waals surface area contributed by atoms with Crippen molar-refractivity contribution >= 4 is 17.7 Å². The molecule has 0 radical (unpaired) electrons. The fourth-order valence-corrected chi connectivity index (χ4v) is 2.00. The Morgan fingerprint density at radius 2 is 2.09 bits per heavy atom. The van der Waals surface area contributed by atoms with Gasteiger partial charge in [0.2, 0.25) is 5.95 Å². The number of imidazole rings is 1. The van der Waals surface area contributed by atoms with Crippen LogP contribution in [0.25, 0.3) is 11.3 Å². The molecule has 2 aromatic rings. The number of hydrogen-bond acceptors (Lipinski definition) is 6. The number of carbonyl (C=O) groups excluding carboxylic acids is 1. The van der Waals surface area contributed by atoms with E-state index in [-0.39, 0.29) is 5.69 Å². The zero-order valence-corrected chi connectivity index (χ0v) is 13.4. The van der Waals surface area contributed by atoms with Gasteiger partial charge in [0.25, 0.3) is 5.69 Å². The lowest BCUT2D eigenvalue weighted by molar-refractivity contribution is -0.384. The van der Waals surface area contributed by atoms with Gasteiger partial charge in [-0.3, -0.25) is 10.1 Å². The van der Waals surface area contributed by atoms with E-state index in [9.17, 15) is 14.9 Å². The van der Waals surface area contributed by atoms with E-state index in [4.69, 9.17) is 4.74 Å². The van der Waals surface area contributed by atoms with E-state index in [1.807, 2.05) is 0 Å². The van der Waals surface area contributed by atoms with Crippen LogP contribution in [0, 0.1) is 10.1 Å². The van der Waals surface area contributed by atoms with Gasteiger partial charge in [-0.05, 0) is 20.8 Å². The van der Waals surface area contributed by atoms with Crippen molar-refractivity contribution in [3.63, 3.8) is 0 Å². The molecule has 1 heterocycles. The molecule has 0 spiro atoms. The van der Waals surface area contributed by atoms with Crippen LogP contribution in [-0.4, -0.2) is 33.2 Å². The lowest BCUT2D eigenvalue weighted by Crippen LogP contribution is -2.28. The number of rotatable bonds is 3. The molecular formula is C15H18N4O4. The topological polar surface area (TPSA) is 99.3 Å². The molecule has 2 rings (SSSR count). The Bertz CT molecular complexity index is 746. The van der Waals surface area contributed by atoms with E-state index < -0.39 is 16.6 Å². The maximum atomic E-state index is 12.4. The average Bonchev–Trinajstić information content (AvgIpc) is 2.89. The Kier molecular flexibility index (Phi) is 4.35. The molecule has 1 aromatic heterocycles. The minimum Gasteiger partial charge on any atom is -0.443 e. The predicted octanol–water partition coefficient (Wildman–Crippen LogP) is 3.28. The van der Waals surface area contributed by atoms with E-state index >= 15 is 0 Å². The molecule has 1 aromatic carbocycles. The third-order valence-electron chi connectivity index (χ3n) is 2.91. The van der Waals surface area contributed by atoms with Gasteiger partial charge >= 0.3 is 6.09 Å². The first-order valence-electron chi connectivity index (χ1n) is 6.96. The van der Waals surface area contributed by atoms with Crippen LogP contribution in [0.3, 0.4) is 0 Å². The van der Waals surface area contributed by atoms with Crippen LogP contribution in [-0.2, 0) is 4.74 Å². The first-order valence-corrected chi connectivity index (χ1v) is 6.96. The van der Waals surface area contributed by atoms with Crippen LogP contribution in [0.2, 0.25) is 0 Å². The predicted molar refractivity (Wildman–Crippen MR) is 85.5 cm³/mol. The van der Waals surface area contributed by atoms with Crippen LogP contribution < -0.4 is 5.32 Å². The molecule has 1 N–H and O–H groups in total. The van der Waals surface area contributed by atoms with Gasteiger partial charge in [0.1, 0.15) is 5.60 Å². The quantitative estimate of drug-likeness (QED) is 0.688. The summed E-state index contributed by atoms with van der Waals surface area (Å²) in [4.78, 5) is 27.0. The van der Waals surface area contributed by atoms with Crippen LogP contribution >= 0.6 is 0 Å². The summed E-state index contributed by atoms with van der Waals surface area (Å²) in [5.74, 6) is 0.292. The molecule has 8 heteroatoms. The monoisotopic (exact) mass is 318 g/mol. The van der Waals surface area contributed by atoms with Gasteiger partial charge < -0.3 is 10.1 Å². The highest BCUT2D eigenvalue weighted by Crippen LogP contribution is 2.27. The second-order valence-corrected chi connectivity index (χ2v) is 5.84. The minimum absolute atomic E-state index is 0.0644. The maximum absolute atomic E-state index is 12.4. The molecule has 0 aliphatic carbocycles. The third-order valence-corrected chi connectivity index (χ3v) is 2.91. The maximum Gasteiger partial charge on any atom is 0.421 e. The Balaban J connectivity index is 2.52. The van der Waals surface area contributed by atoms with Gasteiger partial charge in [-0.15, -0.1) is 0 Å². The summed E-state index contributed by atoms with van der Waals surface area (Å²) in [5.41, 5.74) is 0.170. The molecule has 0 amide bonds. The largest absolute Gasteiger partial charge is 0.443 e. The summed E-state index contributed by atoms with van der Waals surface area (Å²) in [7, 11) is 1.63. The SMILES string of the molecule is CNc1ncc(-c2cccc([N+](=O)[O-])c2)n1C(=O)OC(C)(C)C. The first kappa shape index (κ1) is 16.5. The number of hydrogen-bond donors (Lipinski definition) is 1. The summed E-state index contributed by atoms with van der Waals surface area (Å²) in [6.07, 6.45) is 0.857. The van der Waals surface area contributed by atoms with Crippen molar-refractivity contribution in [3.05, 3.63) is 40.6 Å². The molecule has 0 atom stereocenters. The summed E-state index contributed by atoms with van der Waals surface area (Å²) >= 11 is 0. The normalized spacial score (nSPS) is 11.1.